The molecule has 92 valence electrons. The molecule has 0 spiro atoms. The summed E-state index contributed by atoms with van der Waals surface area (Å²) >= 11 is 6.04. The highest BCUT2D eigenvalue weighted by Gasteiger charge is 2.21. The zero-order valence-electron chi connectivity index (χ0n) is 9.95. The molecule has 1 aromatic heterocycles. The Hall–Kier alpha value is -1.09. The van der Waals surface area contributed by atoms with Gasteiger partial charge in [0.2, 0.25) is 0 Å². The van der Waals surface area contributed by atoms with Crippen LogP contribution in [-0.4, -0.2) is 22.3 Å². The zero-order valence-corrected chi connectivity index (χ0v) is 10.7. The first-order chi connectivity index (χ1) is 8.16. The molecular formula is C13H17ClN2O. The van der Waals surface area contributed by atoms with E-state index in [9.17, 15) is 4.79 Å². The van der Waals surface area contributed by atoms with Crippen LogP contribution in [0.25, 0.3) is 0 Å². The summed E-state index contributed by atoms with van der Waals surface area (Å²) in [6.07, 6.45) is 5.61. The Morgan fingerprint density at radius 3 is 2.76 bits per heavy atom. The maximum atomic E-state index is 12.0. The normalized spacial score (nSPS) is 24.4. The molecule has 0 saturated heterocycles. The number of amides is 1. The number of halogens is 1. The second-order valence-electron chi connectivity index (χ2n) is 4.56. The van der Waals surface area contributed by atoms with E-state index in [1.807, 2.05) is 13.0 Å². The van der Waals surface area contributed by atoms with Crippen LogP contribution in [0.5, 0.6) is 0 Å². The van der Waals surface area contributed by atoms with Crippen LogP contribution >= 0.6 is 11.6 Å². The number of hydrogen-bond donors (Lipinski definition) is 1. The number of alkyl halides is 1. The van der Waals surface area contributed by atoms with Gasteiger partial charge in [-0.1, -0.05) is 0 Å². The van der Waals surface area contributed by atoms with Crippen LogP contribution in [0.2, 0.25) is 0 Å². The highest BCUT2D eigenvalue weighted by Crippen LogP contribution is 2.23. The van der Waals surface area contributed by atoms with Gasteiger partial charge in [0.05, 0.1) is 5.56 Å². The Morgan fingerprint density at radius 1 is 1.41 bits per heavy atom. The van der Waals surface area contributed by atoms with Gasteiger partial charge in [-0.05, 0) is 44.7 Å². The number of aryl methyl sites for hydroxylation is 1. The summed E-state index contributed by atoms with van der Waals surface area (Å²) in [5.41, 5.74) is 1.44. The third-order valence-electron chi connectivity index (χ3n) is 3.24. The van der Waals surface area contributed by atoms with E-state index in [0.717, 1.165) is 31.4 Å². The summed E-state index contributed by atoms with van der Waals surface area (Å²) in [4.78, 5) is 16.2. The van der Waals surface area contributed by atoms with E-state index in [-0.39, 0.29) is 17.3 Å². The minimum absolute atomic E-state index is 0.0198. The fourth-order valence-corrected chi connectivity index (χ4v) is 2.44. The maximum Gasteiger partial charge on any atom is 0.253 e. The summed E-state index contributed by atoms with van der Waals surface area (Å²) in [6, 6.07) is 3.86. The standard InChI is InChI=1S/C13H17ClN2O/c1-9-12(3-2-8-15-9)13(17)16-11-6-4-10(14)5-7-11/h2-3,8,10-11H,4-7H2,1H3,(H,16,17). The van der Waals surface area contributed by atoms with Gasteiger partial charge in [0.15, 0.2) is 0 Å². The second-order valence-corrected chi connectivity index (χ2v) is 5.18. The van der Waals surface area contributed by atoms with Crippen LogP contribution in [0.15, 0.2) is 18.3 Å². The number of aromatic nitrogens is 1. The molecule has 1 N–H and O–H groups in total. The third-order valence-corrected chi connectivity index (χ3v) is 3.68. The van der Waals surface area contributed by atoms with Crippen molar-refractivity contribution in [1.29, 1.82) is 0 Å². The molecule has 0 radical (unpaired) electrons. The van der Waals surface area contributed by atoms with Crippen LogP contribution in [0.3, 0.4) is 0 Å². The first kappa shape index (κ1) is 12.4. The lowest BCUT2D eigenvalue weighted by atomic mass is 9.95. The van der Waals surface area contributed by atoms with Gasteiger partial charge >= 0.3 is 0 Å². The van der Waals surface area contributed by atoms with Crippen molar-refractivity contribution in [1.82, 2.24) is 10.3 Å². The van der Waals surface area contributed by atoms with Crippen molar-refractivity contribution < 1.29 is 4.79 Å². The SMILES string of the molecule is Cc1ncccc1C(=O)NC1CCC(Cl)CC1. The average molecular weight is 253 g/mol. The van der Waals surface area contributed by atoms with Gasteiger partial charge in [0.1, 0.15) is 0 Å². The summed E-state index contributed by atoms with van der Waals surface area (Å²) in [6.45, 7) is 1.85. The Morgan fingerprint density at radius 2 is 2.12 bits per heavy atom. The molecule has 4 heteroatoms. The van der Waals surface area contributed by atoms with Gasteiger partial charge in [-0.15, -0.1) is 11.6 Å². The number of carbonyl (C=O) groups excluding carboxylic acids is 1. The number of rotatable bonds is 2. The van der Waals surface area contributed by atoms with Gasteiger partial charge in [0, 0.05) is 23.3 Å². The maximum absolute atomic E-state index is 12.0. The summed E-state index contributed by atoms with van der Waals surface area (Å²) in [7, 11) is 0. The van der Waals surface area contributed by atoms with E-state index in [1.54, 1.807) is 12.3 Å². The topological polar surface area (TPSA) is 42.0 Å². The Kier molecular flexibility index (Phi) is 4.00. The lowest BCUT2D eigenvalue weighted by Crippen LogP contribution is -2.38. The predicted octanol–water partition coefficient (Wildman–Crippen LogP) is 2.67. The molecule has 1 aromatic rings. The summed E-state index contributed by atoms with van der Waals surface area (Å²) < 4.78 is 0. The molecular weight excluding hydrogens is 236 g/mol. The Bertz CT molecular complexity index is 400. The van der Waals surface area contributed by atoms with Crippen LogP contribution in [0.1, 0.15) is 41.7 Å². The van der Waals surface area contributed by atoms with E-state index >= 15 is 0 Å². The number of carbonyl (C=O) groups is 1. The lowest BCUT2D eigenvalue weighted by Gasteiger charge is -2.25. The average Bonchev–Trinajstić information content (AvgIpc) is 2.32. The second kappa shape index (κ2) is 5.50. The van der Waals surface area contributed by atoms with E-state index in [0.29, 0.717) is 5.56 Å². The minimum Gasteiger partial charge on any atom is -0.349 e. The van der Waals surface area contributed by atoms with Crippen molar-refractivity contribution in [2.45, 2.75) is 44.0 Å². The first-order valence-electron chi connectivity index (χ1n) is 6.03. The van der Waals surface area contributed by atoms with E-state index < -0.39 is 0 Å². The van der Waals surface area contributed by atoms with E-state index in [2.05, 4.69) is 10.3 Å². The molecule has 0 bridgehead atoms. The number of nitrogens with zero attached hydrogens (tertiary/aromatic N) is 1. The van der Waals surface area contributed by atoms with Crippen LogP contribution in [-0.2, 0) is 0 Å². The van der Waals surface area contributed by atoms with Gasteiger partial charge in [-0.3, -0.25) is 9.78 Å². The summed E-state index contributed by atoms with van der Waals surface area (Å²) in [5, 5.41) is 3.34. The van der Waals surface area contributed by atoms with E-state index in [1.165, 1.54) is 0 Å². The molecule has 1 fully saturated rings. The fourth-order valence-electron chi connectivity index (χ4n) is 2.18. The third kappa shape index (κ3) is 3.19. The molecule has 17 heavy (non-hydrogen) atoms. The van der Waals surface area contributed by atoms with E-state index in [4.69, 9.17) is 11.6 Å². The Balaban J connectivity index is 1.96. The van der Waals surface area contributed by atoms with Gasteiger partial charge < -0.3 is 5.32 Å². The fraction of sp³-hybridized carbons (Fsp3) is 0.538. The molecule has 0 unspecified atom stereocenters. The molecule has 1 heterocycles. The molecule has 0 atom stereocenters. The van der Waals surface area contributed by atoms with Gasteiger partial charge in [-0.25, -0.2) is 0 Å². The first-order valence-corrected chi connectivity index (χ1v) is 6.47. The van der Waals surface area contributed by atoms with Crippen molar-refractivity contribution in [3.05, 3.63) is 29.6 Å². The van der Waals surface area contributed by atoms with Crippen molar-refractivity contribution >= 4 is 17.5 Å². The quantitative estimate of drug-likeness (QED) is 0.823. The van der Waals surface area contributed by atoms with Crippen molar-refractivity contribution in [2.24, 2.45) is 0 Å². The number of nitrogens with one attached hydrogen (secondary N) is 1. The Labute approximate surface area is 107 Å². The highest BCUT2D eigenvalue weighted by atomic mass is 35.5. The molecule has 0 aromatic carbocycles. The van der Waals surface area contributed by atoms with Crippen LogP contribution < -0.4 is 5.32 Å². The van der Waals surface area contributed by atoms with Crippen molar-refractivity contribution in [2.75, 3.05) is 0 Å². The lowest BCUT2D eigenvalue weighted by molar-refractivity contribution is 0.0927. The van der Waals surface area contributed by atoms with Crippen LogP contribution in [0.4, 0.5) is 0 Å². The van der Waals surface area contributed by atoms with Crippen LogP contribution in [0, 0.1) is 6.92 Å². The largest absolute Gasteiger partial charge is 0.349 e. The predicted molar refractivity (Wildman–Crippen MR) is 68.3 cm³/mol. The van der Waals surface area contributed by atoms with Gasteiger partial charge in [-0.2, -0.15) is 0 Å². The molecule has 0 aliphatic heterocycles. The zero-order chi connectivity index (χ0) is 12.3. The molecule has 1 aliphatic carbocycles. The smallest absolute Gasteiger partial charge is 0.253 e. The number of pyridine rings is 1. The van der Waals surface area contributed by atoms with Crippen molar-refractivity contribution in [3.63, 3.8) is 0 Å². The van der Waals surface area contributed by atoms with Crippen molar-refractivity contribution in [3.8, 4) is 0 Å². The monoisotopic (exact) mass is 252 g/mol. The molecule has 1 saturated carbocycles. The molecule has 1 aliphatic rings. The molecule has 1 amide bonds. The summed E-state index contributed by atoms with van der Waals surface area (Å²) in [5.74, 6) is -0.0198. The molecule has 2 rings (SSSR count). The molecule has 3 nitrogen and oxygen atoms in total. The highest BCUT2D eigenvalue weighted by molar-refractivity contribution is 6.20. The minimum atomic E-state index is -0.0198. The van der Waals surface area contributed by atoms with Gasteiger partial charge in [0.25, 0.3) is 5.91 Å². The number of hydrogen-bond acceptors (Lipinski definition) is 2.